The maximum atomic E-state index is 12.6. The average molecular weight is 263 g/mol. The Balaban J connectivity index is 1.99. The zero-order chi connectivity index (χ0) is 13.7. The summed E-state index contributed by atoms with van der Waals surface area (Å²) >= 11 is 0. The van der Waals surface area contributed by atoms with Gasteiger partial charge in [-0.15, -0.1) is 0 Å². The van der Waals surface area contributed by atoms with Crippen LogP contribution in [0, 0.1) is 6.92 Å². The number of nitrogens with zero attached hydrogens (tertiary/aromatic N) is 1. The number of benzene rings is 2. The Hall–Kier alpha value is -2.09. The highest BCUT2D eigenvalue weighted by Gasteiger charge is 2.52. The quantitative estimate of drug-likeness (QED) is 0.771. The second kappa shape index (κ2) is 3.95. The molecule has 0 aromatic heterocycles. The summed E-state index contributed by atoms with van der Waals surface area (Å²) in [6.07, 6.45) is 2.10. The van der Waals surface area contributed by atoms with Gasteiger partial charge < -0.3 is 4.90 Å². The molecule has 2 heteroatoms. The van der Waals surface area contributed by atoms with Crippen LogP contribution in [0.15, 0.2) is 48.5 Å². The molecule has 2 aliphatic rings. The summed E-state index contributed by atoms with van der Waals surface area (Å²) < 4.78 is 0. The Labute approximate surface area is 119 Å². The minimum Gasteiger partial charge on any atom is -0.325 e. The van der Waals surface area contributed by atoms with E-state index in [4.69, 9.17) is 0 Å². The largest absolute Gasteiger partial charge is 0.325 e. The number of carbonyl (C=O) groups is 1. The van der Waals surface area contributed by atoms with Crippen LogP contribution in [-0.2, 0) is 5.54 Å². The van der Waals surface area contributed by atoms with E-state index >= 15 is 0 Å². The lowest BCUT2D eigenvalue weighted by atomic mass is 9.81. The van der Waals surface area contributed by atoms with Crippen LogP contribution >= 0.6 is 0 Å². The Kier molecular flexibility index (Phi) is 2.31. The highest BCUT2D eigenvalue weighted by Crippen LogP contribution is 2.50. The molecule has 2 aromatic rings. The van der Waals surface area contributed by atoms with Crippen LogP contribution in [0.1, 0.15) is 39.9 Å². The Bertz CT molecular complexity index is 689. The summed E-state index contributed by atoms with van der Waals surface area (Å²) in [6.45, 7) is 2.96. The third kappa shape index (κ3) is 1.31. The van der Waals surface area contributed by atoms with E-state index in [1.165, 1.54) is 16.7 Å². The number of hydrogen-bond acceptors (Lipinski definition) is 1. The fourth-order valence-corrected chi connectivity index (χ4v) is 3.83. The molecule has 4 rings (SSSR count). The van der Waals surface area contributed by atoms with Gasteiger partial charge in [-0.1, -0.05) is 48.0 Å². The van der Waals surface area contributed by atoms with Gasteiger partial charge in [-0.2, -0.15) is 0 Å². The lowest BCUT2D eigenvalue weighted by molar-refractivity contribution is 0.0711. The maximum absolute atomic E-state index is 12.6. The van der Waals surface area contributed by atoms with E-state index in [2.05, 4.69) is 42.2 Å². The number of amides is 1. The lowest BCUT2D eigenvalue weighted by Crippen LogP contribution is -2.39. The SMILES string of the molecule is Cc1ccc(C23CCCN2C(=O)c2ccccc23)cc1. The molecular formula is C18H17NO. The van der Waals surface area contributed by atoms with E-state index < -0.39 is 0 Å². The van der Waals surface area contributed by atoms with Crippen molar-refractivity contribution in [1.29, 1.82) is 0 Å². The van der Waals surface area contributed by atoms with Crippen molar-refractivity contribution in [2.45, 2.75) is 25.3 Å². The zero-order valence-corrected chi connectivity index (χ0v) is 11.6. The van der Waals surface area contributed by atoms with Crippen LogP contribution in [0.3, 0.4) is 0 Å². The monoisotopic (exact) mass is 263 g/mol. The topological polar surface area (TPSA) is 20.3 Å². The van der Waals surface area contributed by atoms with E-state index in [1.54, 1.807) is 0 Å². The van der Waals surface area contributed by atoms with E-state index in [9.17, 15) is 4.79 Å². The Morgan fingerprint density at radius 3 is 2.60 bits per heavy atom. The normalized spacial score (nSPS) is 23.9. The predicted molar refractivity (Wildman–Crippen MR) is 78.7 cm³/mol. The van der Waals surface area contributed by atoms with Crippen molar-refractivity contribution in [2.75, 3.05) is 6.54 Å². The van der Waals surface area contributed by atoms with Crippen LogP contribution in [0.2, 0.25) is 0 Å². The first kappa shape index (κ1) is 11.7. The van der Waals surface area contributed by atoms with Crippen LogP contribution in [0.5, 0.6) is 0 Å². The van der Waals surface area contributed by atoms with Crippen LogP contribution in [0.25, 0.3) is 0 Å². The maximum Gasteiger partial charge on any atom is 0.255 e. The summed E-state index contributed by atoms with van der Waals surface area (Å²) in [6, 6.07) is 16.8. The molecule has 0 aliphatic carbocycles. The number of carbonyl (C=O) groups excluding carboxylic acids is 1. The van der Waals surface area contributed by atoms with Gasteiger partial charge in [-0.25, -0.2) is 0 Å². The molecular weight excluding hydrogens is 246 g/mol. The highest BCUT2D eigenvalue weighted by atomic mass is 16.2. The fourth-order valence-electron chi connectivity index (χ4n) is 3.83. The fraction of sp³-hybridized carbons (Fsp3) is 0.278. The molecule has 2 nitrogen and oxygen atoms in total. The first-order valence-corrected chi connectivity index (χ1v) is 7.22. The summed E-state index contributed by atoms with van der Waals surface area (Å²) in [5.41, 5.74) is 4.35. The van der Waals surface area contributed by atoms with Gasteiger partial charge in [-0.05, 0) is 37.0 Å². The highest BCUT2D eigenvalue weighted by molar-refractivity contribution is 6.01. The van der Waals surface area contributed by atoms with Crippen molar-refractivity contribution in [1.82, 2.24) is 4.90 Å². The molecule has 2 aromatic carbocycles. The zero-order valence-electron chi connectivity index (χ0n) is 11.6. The molecule has 1 fully saturated rings. The van der Waals surface area contributed by atoms with Gasteiger partial charge >= 0.3 is 0 Å². The second-order valence-electron chi connectivity index (χ2n) is 5.83. The van der Waals surface area contributed by atoms with Crippen LogP contribution in [0.4, 0.5) is 0 Å². The summed E-state index contributed by atoms with van der Waals surface area (Å²) in [7, 11) is 0. The summed E-state index contributed by atoms with van der Waals surface area (Å²) in [5, 5.41) is 0. The van der Waals surface area contributed by atoms with E-state index in [0.29, 0.717) is 0 Å². The predicted octanol–water partition coefficient (Wildman–Crippen LogP) is 3.49. The molecule has 2 aliphatic heterocycles. The standard InChI is InChI=1S/C18H17NO/c1-13-7-9-14(10-8-13)18-11-4-12-19(18)17(20)15-5-2-3-6-16(15)18/h2-3,5-10H,4,11-12H2,1H3. The van der Waals surface area contributed by atoms with Crippen LogP contribution < -0.4 is 0 Å². The first-order chi connectivity index (χ1) is 9.73. The van der Waals surface area contributed by atoms with Gasteiger partial charge in [0.25, 0.3) is 5.91 Å². The van der Waals surface area contributed by atoms with Crippen molar-refractivity contribution >= 4 is 5.91 Å². The molecule has 0 saturated carbocycles. The number of fused-ring (bicyclic) bond motifs is 3. The van der Waals surface area contributed by atoms with Gasteiger partial charge in [0.1, 0.15) is 0 Å². The molecule has 0 N–H and O–H groups in total. The van der Waals surface area contributed by atoms with Gasteiger partial charge in [0.15, 0.2) is 0 Å². The number of aryl methyl sites for hydroxylation is 1. The van der Waals surface area contributed by atoms with Crippen molar-refractivity contribution in [2.24, 2.45) is 0 Å². The third-order valence-electron chi connectivity index (χ3n) is 4.76. The van der Waals surface area contributed by atoms with Crippen molar-refractivity contribution < 1.29 is 4.79 Å². The number of rotatable bonds is 1. The third-order valence-corrected chi connectivity index (χ3v) is 4.76. The van der Waals surface area contributed by atoms with Gasteiger partial charge in [-0.3, -0.25) is 4.79 Å². The molecule has 1 atom stereocenters. The minimum absolute atomic E-state index is 0.193. The molecule has 1 amide bonds. The average Bonchev–Trinajstić information content (AvgIpc) is 3.01. The summed E-state index contributed by atoms with van der Waals surface area (Å²) in [4.78, 5) is 14.7. The molecule has 0 radical (unpaired) electrons. The molecule has 0 bridgehead atoms. The van der Waals surface area contributed by atoms with Crippen molar-refractivity contribution in [3.63, 3.8) is 0 Å². The second-order valence-corrected chi connectivity index (χ2v) is 5.83. The Morgan fingerprint density at radius 2 is 1.80 bits per heavy atom. The van der Waals surface area contributed by atoms with E-state index in [1.807, 2.05) is 18.2 Å². The Morgan fingerprint density at radius 1 is 1.05 bits per heavy atom. The van der Waals surface area contributed by atoms with Gasteiger partial charge in [0.05, 0.1) is 5.54 Å². The summed E-state index contributed by atoms with van der Waals surface area (Å²) in [5.74, 6) is 0.193. The van der Waals surface area contributed by atoms with Gasteiger partial charge in [0, 0.05) is 12.1 Å². The van der Waals surface area contributed by atoms with Crippen LogP contribution in [-0.4, -0.2) is 17.4 Å². The van der Waals surface area contributed by atoms with Crippen molar-refractivity contribution in [3.8, 4) is 0 Å². The molecule has 1 unspecified atom stereocenters. The van der Waals surface area contributed by atoms with E-state index in [-0.39, 0.29) is 11.4 Å². The van der Waals surface area contributed by atoms with Crippen molar-refractivity contribution in [3.05, 3.63) is 70.8 Å². The smallest absolute Gasteiger partial charge is 0.255 e. The minimum atomic E-state index is -0.221. The molecule has 2 heterocycles. The molecule has 1 saturated heterocycles. The number of hydrogen-bond donors (Lipinski definition) is 0. The molecule has 0 spiro atoms. The van der Waals surface area contributed by atoms with E-state index in [0.717, 1.165) is 24.9 Å². The van der Waals surface area contributed by atoms with Gasteiger partial charge in [0.2, 0.25) is 0 Å². The molecule has 20 heavy (non-hydrogen) atoms. The molecule has 100 valence electrons. The first-order valence-electron chi connectivity index (χ1n) is 7.22. The lowest BCUT2D eigenvalue weighted by Gasteiger charge is -2.33.